The predicted molar refractivity (Wildman–Crippen MR) is 101 cm³/mol. The van der Waals surface area contributed by atoms with Gasteiger partial charge in [0.25, 0.3) is 5.91 Å². The molecule has 0 radical (unpaired) electrons. The van der Waals surface area contributed by atoms with Crippen molar-refractivity contribution < 1.29 is 18.3 Å². The second-order valence-electron chi connectivity index (χ2n) is 6.46. The molecule has 140 valence electrons. The van der Waals surface area contributed by atoms with E-state index >= 15 is 0 Å². The highest BCUT2D eigenvalue weighted by Gasteiger charge is 2.18. The summed E-state index contributed by atoms with van der Waals surface area (Å²) in [6.45, 7) is 4.27. The molecule has 3 rings (SSSR count). The summed E-state index contributed by atoms with van der Waals surface area (Å²) in [4.78, 5) is 14.3. The summed E-state index contributed by atoms with van der Waals surface area (Å²) >= 11 is 0. The van der Waals surface area contributed by atoms with E-state index in [0.29, 0.717) is 17.1 Å². The summed E-state index contributed by atoms with van der Waals surface area (Å²) in [5, 5.41) is 0. The molecule has 0 aliphatic carbocycles. The number of furan rings is 1. The third-order valence-electron chi connectivity index (χ3n) is 4.44. The highest BCUT2D eigenvalue weighted by atomic mass is 19.1. The number of carbonyl (C=O) groups excluding carboxylic acids is 1. The van der Waals surface area contributed by atoms with Crippen LogP contribution in [0.15, 0.2) is 65.3 Å². The van der Waals surface area contributed by atoms with E-state index in [-0.39, 0.29) is 31.4 Å². The summed E-state index contributed by atoms with van der Waals surface area (Å²) in [5.74, 6) is 0.680. The van der Waals surface area contributed by atoms with Crippen LogP contribution in [0.4, 0.5) is 4.39 Å². The molecule has 0 bridgehead atoms. The Balaban J connectivity index is 1.71. The van der Waals surface area contributed by atoms with Crippen LogP contribution >= 0.6 is 0 Å². The van der Waals surface area contributed by atoms with E-state index in [1.807, 2.05) is 32.0 Å². The summed E-state index contributed by atoms with van der Waals surface area (Å²) in [7, 11) is 0. The van der Waals surface area contributed by atoms with Crippen LogP contribution in [0.25, 0.3) is 0 Å². The van der Waals surface area contributed by atoms with Gasteiger partial charge in [-0.2, -0.15) is 0 Å². The van der Waals surface area contributed by atoms with E-state index in [2.05, 4.69) is 0 Å². The highest BCUT2D eigenvalue weighted by Crippen LogP contribution is 2.18. The molecule has 0 spiro atoms. The molecule has 0 N–H and O–H groups in total. The number of halogens is 1. The third-order valence-corrected chi connectivity index (χ3v) is 4.44. The molecule has 1 amide bonds. The Kier molecular flexibility index (Phi) is 5.91. The Hall–Kier alpha value is -3.08. The number of rotatable bonds is 7. The SMILES string of the molecule is Cc1ccc(OCC(=O)N(Cc2ccco2)Cc2ccccc2F)cc1C. The molecular weight excluding hydrogens is 345 g/mol. The van der Waals surface area contributed by atoms with Crippen molar-refractivity contribution in [2.75, 3.05) is 6.61 Å². The van der Waals surface area contributed by atoms with Gasteiger partial charge in [-0.05, 0) is 55.3 Å². The first kappa shape index (κ1) is 18.7. The topological polar surface area (TPSA) is 42.7 Å². The maximum absolute atomic E-state index is 14.0. The van der Waals surface area contributed by atoms with Gasteiger partial charge in [-0.3, -0.25) is 4.79 Å². The maximum atomic E-state index is 14.0. The molecule has 0 saturated carbocycles. The quantitative estimate of drug-likeness (QED) is 0.611. The van der Waals surface area contributed by atoms with E-state index < -0.39 is 0 Å². The third kappa shape index (κ3) is 4.97. The number of hydrogen-bond donors (Lipinski definition) is 0. The zero-order valence-electron chi connectivity index (χ0n) is 15.4. The van der Waals surface area contributed by atoms with Crippen LogP contribution in [0.5, 0.6) is 5.75 Å². The van der Waals surface area contributed by atoms with Crippen molar-refractivity contribution in [3.8, 4) is 5.75 Å². The van der Waals surface area contributed by atoms with Gasteiger partial charge < -0.3 is 14.1 Å². The Morgan fingerprint density at radius 2 is 1.85 bits per heavy atom. The molecule has 3 aromatic rings. The first-order valence-electron chi connectivity index (χ1n) is 8.76. The largest absolute Gasteiger partial charge is 0.484 e. The van der Waals surface area contributed by atoms with Crippen molar-refractivity contribution in [1.29, 1.82) is 0 Å². The van der Waals surface area contributed by atoms with Crippen LogP contribution in [0, 0.1) is 19.7 Å². The molecule has 4 nitrogen and oxygen atoms in total. The second-order valence-corrected chi connectivity index (χ2v) is 6.46. The molecule has 0 aliphatic heterocycles. The highest BCUT2D eigenvalue weighted by molar-refractivity contribution is 5.77. The minimum atomic E-state index is -0.343. The lowest BCUT2D eigenvalue weighted by Gasteiger charge is -2.22. The lowest BCUT2D eigenvalue weighted by atomic mass is 10.1. The number of hydrogen-bond acceptors (Lipinski definition) is 3. The average Bonchev–Trinajstić information content (AvgIpc) is 3.17. The Labute approximate surface area is 158 Å². The number of benzene rings is 2. The van der Waals surface area contributed by atoms with Gasteiger partial charge in [-0.25, -0.2) is 4.39 Å². The van der Waals surface area contributed by atoms with Crippen LogP contribution in [0.3, 0.4) is 0 Å². The Morgan fingerprint density at radius 1 is 1.04 bits per heavy atom. The molecule has 2 aromatic carbocycles. The minimum Gasteiger partial charge on any atom is -0.484 e. The fourth-order valence-corrected chi connectivity index (χ4v) is 2.70. The van der Waals surface area contributed by atoms with Crippen LogP contribution in [0.1, 0.15) is 22.5 Å². The summed E-state index contributed by atoms with van der Waals surface area (Å²) < 4.78 is 25.0. The molecule has 5 heteroatoms. The van der Waals surface area contributed by atoms with E-state index in [1.165, 1.54) is 11.0 Å². The Morgan fingerprint density at radius 3 is 2.56 bits per heavy atom. The smallest absolute Gasteiger partial charge is 0.261 e. The normalized spacial score (nSPS) is 10.6. The lowest BCUT2D eigenvalue weighted by molar-refractivity contribution is -0.134. The molecule has 0 saturated heterocycles. The van der Waals surface area contributed by atoms with Gasteiger partial charge in [0.2, 0.25) is 0 Å². The van der Waals surface area contributed by atoms with Crippen LogP contribution in [0.2, 0.25) is 0 Å². The van der Waals surface area contributed by atoms with Crippen LogP contribution < -0.4 is 4.74 Å². The zero-order chi connectivity index (χ0) is 19.2. The number of aryl methyl sites for hydroxylation is 2. The predicted octanol–water partition coefficient (Wildman–Crippen LogP) is 4.64. The molecule has 1 heterocycles. The van der Waals surface area contributed by atoms with Crippen LogP contribution in [-0.4, -0.2) is 17.4 Å². The monoisotopic (exact) mass is 367 g/mol. The van der Waals surface area contributed by atoms with Gasteiger partial charge >= 0.3 is 0 Å². The number of amides is 1. The molecule has 0 aliphatic rings. The van der Waals surface area contributed by atoms with Gasteiger partial charge in [0, 0.05) is 12.1 Å². The van der Waals surface area contributed by atoms with Crippen molar-refractivity contribution >= 4 is 5.91 Å². The minimum absolute atomic E-state index is 0.127. The summed E-state index contributed by atoms with van der Waals surface area (Å²) in [6, 6.07) is 15.7. The fourth-order valence-electron chi connectivity index (χ4n) is 2.70. The molecular formula is C22H22FNO3. The van der Waals surface area contributed by atoms with Gasteiger partial charge in [-0.15, -0.1) is 0 Å². The standard InChI is InChI=1S/C22H22FNO3/c1-16-9-10-19(12-17(16)2)27-15-22(25)24(14-20-7-5-11-26-20)13-18-6-3-4-8-21(18)23/h3-12H,13-15H2,1-2H3. The lowest BCUT2D eigenvalue weighted by Crippen LogP contribution is -2.34. The summed E-state index contributed by atoms with van der Waals surface area (Å²) in [5.41, 5.74) is 2.70. The average molecular weight is 367 g/mol. The van der Waals surface area contributed by atoms with E-state index in [0.717, 1.165) is 11.1 Å². The Bertz CT molecular complexity index is 906. The molecule has 27 heavy (non-hydrogen) atoms. The van der Waals surface area contributed by atoms with Gasteiger partial charge in [0.05, 0.1) is 12.8 Å². The first-order chi connectivity index (χ1) is 13.0. The van der Waals surface area contributed by atoms with Crippen molar-refractivity contribution in [2.24, 2.45) is 0 Å². The van der Waals surface area contributed by atoms with Crippen molar-refractivity contribution in [2.45, 2.75) is 26.9 Å². The number of nitrogens with zero attached hydrogens (tertiary/aromatic N) is 1. The van der Waals surface area contributed by atoms with E-state index in [9.17, 15) is 9.18 Å². The first-order valence-corrected chi connectivity index (χ1v) is 8.76. The molecule has 0 atom stereocenters. The van der Waals surface area contributed by atoms with E-state index in [4.69, 9.17) is 9.15 Å². The number of carbonyl (C=O) groups is 1. The molecule has 0 fully saturated rings. The summed E-state index contributed by atoms with van der Waals surface area (Å²) in [6.07, 6.45) is 1.55. The van der Waals surface area contributed by atoms with Crippen LogP contribution in [-0.2, 0) is 17.9 Å². The maximum Gasteiger partial charge on any atom is 0.261 e. The van der Waals surface area contributed by atoms with Crippen molar-refractivity contribution in [3.05, 3.63) is 89.1 Å². The number of ether oxygens (including phenoxy) is 1. The zero-order valence-corrected chi connectivity index (χ0v) is 15.4. The van der Waals surface area contributed by atoms with E-state index in [1.54, 1.807) is 36.6 Å². The van der Waals surface area contributed by atoms with Gasteiger partial charge in [0.15, 0.2) is 6.61 Å². The van der Waals surface area contributed by atoms with Crippen molar-refractivity contribution in [3.63, 3.8) is 0 Å². The fraction of sp³-hybridized carbons (Fsp3) is 0.227. The molecule has 1 aromatic heterocycles. The second kappa shape index (κ2) is 8.54. The van der Waals surface area contributed by atoms with Gasteiger partial charge in [0.1, 0.15) is 17.3 Å². The van der Waals surface area contributed by atoms with Crippen molar-refractivity contribution in [1.82, 2.24) is 4.90 Å². The van der Waals surface area contributed by atoms with Gasteiger partial charge in [-0.1, -0.05) is 24.3 Å². The molecule has 0 unspecified atom stereocenters.